The maximum atomic E-state index is 12.2. The highest BCUT2D eigenvalue weighted by Crippen LogP contribution is 2.47. The molecule has 22 nitrogen and oxygen atoms in total. The molecule has 0 rings (SSSR count). The zero-order valence-corrected chi connectivity index (χ0v) is 29.4. The predicted octanol–water partition coefficient (Wildman–Crippen LogP) is 0.141. The van der Waals surface area contributed by atoms with E-state index >= 15 is 0 Å². The summed E-state index contributed by atoms with van der Waals surface area (Å²) in [6.45, 7) is -0.972. The Morgan fingerprint density at radius 1 is 0.478 bits per heavy atom. The predicted molar refractivity (Wildman–Crippen MR) is 157 cm³/mol. The van der Waals surface area contributed by atoms with Crippen LogP contribution in [0.2, 0.25) is 0 Å². The van der Waals surface area contributed by atoms with Crippen LogP contribution in [0.1, 0.15) is 6.92 Å². The molecule has 0 saturated heterocycles. The van der Waals surface area contributed by atoms with Crippen LogP contribution in [0.4, 0.5) is 0 Å². The first kappa shape index (κ1) is 46.2. The molecule has 278 valence electrons. The van der Waals surface area contributed by atoms with Gasteiger partial charge in [0.2, 0.25) is 0 Å². The molecular weight excluding hydrogens is 712 g/mol. The normalized spacial score (nSPS) is 17.7. The van der Waals surface area contributed by atoms with Gasteiger partial charge in [0.15, 0.2) is 0 Å². The molecule has 0 aliphatic rings. The van der Waals surface area contributed by atoms with Crippen LogP contribution in [-0.2, 0) is 73.4 Å². The summed E-state index contributed by atoms with van der Waals surface area (Å²) >= 11 is 0. The maximum Gasteiger partial charge on any atom is 0.472 e. The lowest BCUT2D eigenvalue weighted by Gasteiger charge is -2.31. The van der Waals surface area contributed by atoms with E-state index in [1.807, 2.05) is 0 Å². The van der Waals surface area contributed by atoms with E-state index in [1.165, 1.54) is 0 Å². The Bertz CT molecular complexity index is 976. The zero-order chi connectivity index (χ0) is 35.0. The molecule has 4 atom stereocenters. The molecule has 26 heteroatoms. The minimum Gasteiger partial charge on any atom is -0.377 e. The van der Waals surface area contributed by atoms with Crippen LogP contribution in [0.25, 0.3) is 0 Å². The highest BCUT2D eigenvalue weighted by atomic mass is 31.2. The Labute approximate surface area is 267 Å². The van der Waals surface area contributed by atoms with Gasteiger partial charge in [-0.25, -0.2) is 18.3 Å². The summed E-state index contributed by atoms with van der Waals surface area (Å²) in [7, 11) is -16.3. The van der Waals surface area contributed by atoms with Gasteiger partial charge in [-0.05, 0) is 6.92 Å². The van der Waals surface area contributed by atoms with Gasteiger partial charge in [0.1, 0.15) is 0 Å². The summed E-state index contributed by atoms with van der Waals surface area (Å²) in [5, 5.41) is 0. The van der Waals surface area contributed by atoms with E-state index in [0.717, 1.165) is 7.11 Å². The molecule has 0 radical (unpaired) electrons. The highest BCUT2D eigenvalue weighted by molar-refractivity contribution is 7.48. The van der Waals surface area contributed by atoms with Crippen LogP contribution in [0.3, 0.4) is 0 Å². The van der Waals surface area contributed by atoms with Crippen LogP contribution in [-0.4, -0.2) is 139 Å². The van der Waals surface area contributed by atoms with Crippen molar-refractivity contribution in [2.75, 3.05) is 119 Å². The van der Waals surface area contributed by atoms with Crippen molar-refractivity contribution in [2.45, 2.75) is 6.92 Å². The second kappa shape index (κ2) is 25.2. The molecule has 0 aliphatic heterocycles. The van der Waals surface area contributed by atoms with Gasteiger partial charge in [0, 0.05) is 25.6 Å². The van der Waals surface area contributed by atoms with Gasteiger partial charge in [0.25, 0.3) is 0 Å². The van der Waals surface area contributed by atoms with Gasteiger partial charge in [-0.1, -0.05) is 0 Å². The fourth-order valence-electron chi connectivity index (χ4n) is 2.62. The quantitative estimate of drug-likeness (QED) is 0.0383. The van der Waals surface area contributed by atoms with E-state index in [1.54, 1.807) is 6.92 Å². The molecule has 0 aliphatic carbocycles. The Morgan fingerprint density at radius 2 is 0.761 bits per heavy atom. The third-order valence-electron chi connectivity index (χ3n) is 5.13. The van der Waals surface area contributed by atoms with E-state index < -0.39 is 49.9 Å². The fraction of sp³-hybridized carbons (Fsp3) is 1.00. The van der Waals surface area contributed by atoms with Crippen LogP contribution in [0.5, 0.6) is 0 Å². The SMILES string of the molecule is CCOP(=O)(O)OCCOCCOCCOP(=O)(O)OCC(CN)(CN)COP(=O)(O)OCCOCCOCCOP(=O)(O)OC. The van der Waals surface area contributed by atoms with E-state index in [9.17, 15) is 32.9 Å². The third-order valence-corrected chi connectivity index (χ3v) is 9.12. The third kappa shape index (κ3) is 25.2. The Kier molecular flexibility index (Phi) is 25.3. The minimum absolute atomic E-state index is 0.00159. The number of rotatable bonds is 33. The molecule has 46 heavy (non-hydrogen) atoms. The second-order valence-electron chi connectivity index (χ2n) is 8.71. The highest BCUT2D eigenvalue weighted by Gasteiger charge is 2.36. The lowest BCUT2D eigenvalue weighted by molar-refractivity contribution is 0.00979. The number of nitrogens with two attached hydrogens (primary N) is 2. The van der Waals surface area contributed by atoms with E-state index in [0.29, 0.717) is 0 Å². The van der Waals surface area contributed by atoms with Crippen LogP contribution in [0, 0.1) is 5.41 Å². The summed E-state index contributed by atoms with van der Waals surface area (Å²) in [6, 6.07) is 0. The van der Waals surface area contributed by atoms with Crippen LogP contribution < -0.4 is 11.5 Å². The number of phosphoric acid groups is 4. The van der Waals surface area contributed by atoms with Gasteiger partial charge >= 0.3 is 31.3 Å². The number of hydrogen-bond acceptors (Lipinski definition) is 18. The van der Waals surface area contributed by atoms with Crippen LogP contribution >= 0.6 is 31.3 Å². The van der Waals surface area contributed by atoms with E-state index in [-0.39, 0.29) is 99.0 Å². The Hall–Kier alpha value is 0.200. The van der Waals surface area contributed by atoms with Crippen molar-refractivity contribution in [1.82, 2.24) is 0 Å². The number of phosphoric ester groups is 4. The Morgan fingerprint density at radius 3 is 1.04 bits per heavy atom. The molecule has 0 aromatic carbocycles. The van der Waals surface area contributed by atoms with E-state index in [4.69, 9.17) is 53.4 Å². The fourth-order valence-corrected chi connectivity index (χ4v) is 5.37. The molecule has 0 bridgehead atoms. The molecule has 0 spiro atoms. The zero-order valence-electron chi connectivity index (χ0n) is 25.8. The molecule has 4 unspecified atom stereocenters. The first-order chi connectivity index (χ1) is 21.6. The summed E-state index contributed by atoms with van der Waals surface area (Å²) in [4.78, 5) is 38.2. The van der Waals surface area contributed by atoms with Crippen molar-refractivity contribution < 1.29 is 93.0 Å². The molecular formula is C20H48N2O20P4. The van der Waals surface area contributed by atoms with Gasteiger partial charge in [-0.15, -0.1) is 0 Å². The molecule has 0 aromatic heterocycles. The Balaban J connectivity index is 4.18. The number of ether oxygens (including phenoxy) is 4. The standard InChI is InChI=1S/C20H48N2O20P4/c1-3-36-44(25,26)38-13-9-33-6-7-35-11-15-40-46(29,30)42-19-20(16-21,17-22)18-41-45(27,28)39-14-10-34-5-4-32-8-12-37-43(23,24)31-2/h3-19,21-22H2,1-2H3,(H,23,24)(H,25,26)(H,27,28)(H,29,30). The molecule has 8 N–H and O–H groups in total. The van der Waals surface area contributed by atoms with Gasteiger partial charge in [-0.2, -0.15) is 0 Å². The van der Waals surface area contributed by atoms with Crippen molar-refractivity contribution in [2.24, 2.45) is 16.9 Å². The van der Waals surface area contributed by atoms with Crippen molar-refractivity contribution in [3.63, 3.8) is 0 Å². The van der Waals surface area contributed by atoms with Crippen molar-refractivity contribution in [3.8, 4) is 0 Å². The second-order valence-corrected chi connectivity index (χ2v) is 14.6. The average Bonchev–Trinajstić information content (AvgIpc) is 2.99. The van der Waals surface area contributed by atoms with E-state index in [2.05, 4.69) is 18.1 Å². The molecule has 0 fully saturated rings. The van der Waals surface area contributed by atoms with Crippen LogP contribution in [0.15, 0.2) is 0 Å². The summed E-state index contributed by atoms with van der Waals surface area (Å²) in [6.07, 6.45) is 0. The largest absolute Gasteiger partial charge is 0.472 e. The summed E-state index contributed by atoms with van der Waals surface area (Å²) < 4.78 is 105. The van der Waals surface area contributed by atoms with Crippen molar-refractivity contribution in [3.05, 3.63) is 0 Å². The smallest absolute Gasteiger partial charge is 0.377 e. The summed E-state index contributed by atoms with van der Waals surface area (Å²) in [5.41, 5.74) is 10.1. The molecule has 0 saturated carbocycles. The minimum atomic E-state index is -4.60. The first-order valence-electron chi connectivity index (χ1n) is 13.7. The topological polar surface area (TPSA) is 312 Å². The van der Waals surface area contributed by atoms with Gasteiger partial charge < -0.3 is 50.0 Å². The maximum absolute atomic E-state index is 12.2. The molecule has 0 amide bonds. The van der Waals surface area contributed by atoms with Crippen molar-refractivity contribution in [1.29, 1.82) is 0 Å². The first-order valence-corrected chi connectivity index (χ1v) is 19.6. The summed E-state index contributed by atoms with van der Waals surface area (Å²) in [5.74, 6) is 0. The monoisotopic (exact) mass is 760 g/mol. The van der Waals surface area contributed by atoms with Gasteiger partial charge in [-0.3, -0.25) is 36.2 Å². The van der Waals surface area contributed by atoms with Crippen molar-refractivity contribution >= 4 is 31.3 Å². The molecule has 0 aromatic rings. The average molecular weight is 760 g/mol. The lowest BCUT2D eigenvalue weighted by Crippen LogP contribution is -2.45. The van der Waals surface area contributed by atoms with Gasteiger partial charge in [0.05, 0.1) is 99.1 Å². The lowest BCUT2D eigenvalue weighted by atomic mass is 9.91. The number of hydrogen-bond donors (Lipinski definition) is 6. The molecule has 0 heterocycles.